The highest BCUT2D eigenvalue weighted by Crippen LogP contribution is 2.41. The molecule has 2 heterocycles. The maximum Gasteiger partial charge on any atom is 0.0934 e. The van der Waals surface area contributed by atoms with Gasteiger partial charge in [0, 0.05) is 27.6 Å². The molecule has 0 aliphatic carbocycles. The molecule has 3 nitrogen and oxygen atoms in total. The van der Waals surface area contributed by atoms with E-state index < -0.39 is 0 Å². The minimum atomic E-state index is 0.941. The molecule has 0 saturated heterocycles. The Balaban J connectivity index is 0.976. The van der Waals surface area contributed by atoms with Crippen LogP contribution in [0.3, 0.4) is 0 Å². The summed E-state index contributed by atoms with van der Waals surface area (Å²) in [5.74, 6) is 0. The Labute approximate surface area is 356 Å². The van der Waals surface area contributed by atoms with Gasteiger partial charge in [-0.25, -0.2) is 4.68 Å². The van der Waals surface area contributed by atoms with E-state index in [1.807, 2.05) is 0 Å². The van der Waals surface area contributed by atoms with E-state index in [4.69, 9.17) is 5.10 Å². The lowest BCUT2D eigenvalue weighted by molar-refractivity contribution is 0.892. The van der Waals surface area contributed by atoms with Crippen molar-refractivity contribution in [1.29, 1.82) is 0 Å². The molecule has 288 valence electrons. The van der Waals surface area contributed by atoms with Crippen LogP contribution < -0.4 is 0 Å². The van der Waals surface area contributed by atoms with Gasteiger partial charge in [0.05, 0.1) is 28.1 Å². The van der Waals surface area contributed by atoms with E-state index in [0.717, 1.165) is 39.5 Å². The normalized spacial score (nSPS) is 11.4. The van der Waals surface area contributed by atoms with Gasteiger partial charge in [0.2, 0.25) is 0 Å². The molecule has 0 N–H and O–H groups in total. The van der Waals surface area contributed by atoms with Crippen LogP contribution in [-0.2, 0) is 0 Å². The van der Waals surface area contributed by atoms with Crippen molar-refractivity contribution in [3.8, 4) is 78.4 Å². The molecule has 0 unspecified atom stereocenters. The van der Waals surface area contributed by atoms with Gasteiger partial charge in [-0.15, -0.1) is 0 Å². The molecule has 2 aromatic heterocycles. The first-order chi connectivity index (χ1) is 30.2. The zero-order chi connectivity index (χ0) is 40.7. The van der Waals surface area contributed by atoms with E-state index in [1.54, 1.807) is 0 Å². The molecular formula is C58H41N3. The van der Waals surface area contributed by atoms with Crippen molar-refractivity contribution in [3.63, 3.8) is 0 Å². The quantitative estimate of drug-likeness (QED) is 0.151. The molecule has 0 radical (unpaired) electrons. The number of hydrogen-bond donors (Lipinski definition) is 0. The van der Waals surface area contributed by atoms with Gasteiger partial charge in [-0.3, -0.25) is 0 Å². The SMILES string of the molecule is Cc1ccc(-c2cc(-c3ccc(-c4ccccc4)cc3)n(-c3ccc(-c4ccccc4-c4ccccc4-c4ccc5c(c4)c4ccccc4n5-c4ccccc4)cc3)n2)cc1. The zero-order valence-corrected chi connectivity index (χ0v) is 33.8. The van der Waals surface area contributed by atoms with E-state index in [1.165, 1.54) is 66.3 Å². The number of benzene rings is 9. The molecule has 9 aromatic carbocycles. The molecule has 0 aliphatic heterocycles. The second-order valence-electron chi connectivity index (χ2n) is 15.7. The molecule has 11 rings (SSSR count). The summed E-state index contributed by atoms with van der Waals surface area (Å²) in [6, 6.07) is 82.9. The summed E-state index contributed by atoms with van der Waals surface area (Å²) in [4.78, 5) is 0. The molecule has 0 saturated carbocycles. The van der Waals surface area contributed by atoms with Crippen LogP contribution in [0.25, 0.3) is 100 Å². The lowest BCUT2D eigenvalue weighted by Gasteiger charge is -2.16. The Morgan fingerprint density at radius 1 is 0.328 bits per heavy atom. The molecule has 0 bridgehead atoms. The van der Waals surface area contributed by atoms with Gasteiger partial charge in [-0.05, 0) is 100.0 Å². The van der Waals surface area contributed by atoms with Crippen LogP contribution in [0, 0.1) is 6.92 Å². The molecule has 3 heteroatoms. The minimum absolute atomic E-state index is 0.941. The Bertz CT molecular complexity index is 3320. The third-order valence-corrected chi connectivity index (χ3v) is 11.9. The van der Waals surface area contributed by atoms with Crippen molar-refractivity contribution in [2.45, 2.75) is 6.92 Å². The molecule has 0 spiro atoms. The third-order valence-electron chi connectivity index (χ3n) is 11.9. The van der Waals surface area contributed by atoms with Crippen LogP contribution in [0.5, 0.6) is 0 Å². The number of hydrogen-bond acceptors (Lipinski definition) is 1. The highest BCUT2D eigenvalue weighted by Gasteiger charge is 2.18. The summed E-state index contributed by atoms with van der Waals surface area (Å²) >= 11 is 0. The fraction of sp³-hybridized carbons (Fsp3) is 0.0172. The Kier molecular flexibility index (Phi) is 9.05. The standard InChI is InChI=1S/C58H41N3/c1-40-24-26-44(27-25-40)55-39-58(45-30-28-42(29-31-45)41-14-4-2-5-15-41)61(59-55)48-35-32-43(33-36-48)49-18-8-10-20-51(49)52-21-11-9-19-50(52)46-34-37-57-54(38-46)53-22-12-13-23-56(53)60(57)47-16-6-3-7-17-47/h2-39H,1H3. The average molecular weight is 780 g/mol. The predicted molar refractivity (Wildman–Crippen MR) is 255 cm³/mol. The maximum absolute atomic E-state index is 5.22. The molecule has 0 amide bonds. The van der Waals surface area contributed by atoms with Gasteiger partial charge in [-0.1, -0.05) is 188 Å². The van der Waals surface area contributed by atoms with Crippen molar-refractivity contribution in [2.24, 2.45) is 0 Å². The summed E-state index contributed by atoms with van der Waals surface area (Å²) < 4.78 is 4.46. The van der Waals surface area contributed by atoms with Gasteiger partial charge in [0.15, 0.2) is 0 Å². The molecular weight excluding hydrogens is 739 g/mol. The number of aromatic nitrogens is 3. The maximum atomic E-state index is 5.22. The summed E-state index contributed by atoms with van der Waals surface area (Å²) in [6.45, 7) is 2.12. The highest BCUT2D eigenvalue weighted by molar-refractivity contribution is 6.11. The zero-order valence-electron chi connectivity index (χ0n) is 33.8. The fourth-order valence-electron chi connectivity index (χ4n) is 8.83. The number of nitrogens with zero attached hydrogens (tertiary/aromatic N) is 3. The summed E-state index contributed by atoms with van der Waals surface area (Å²) in [5, 5.41) is 7.71. The molecule has 61 heavy (non-hydrogen) atoms. The molecule has 0 aliphatic rings. The number of aryl methyl sites for hydroxylation is 1. The van der Waals surface area contributed by atoms with Crippen LogP contribution in [0.2, 0.25) is 0 Å². The van der Waals surface area contributed by atoms with Crippen LogP contribution >= 0.6 is 0 Å². The Hall–Kier alpha value is -8.01. The summed E-state index contributed by atoms with van der Waals surface area (Å²) in [7, 11) is 0. The molecule has 11 aromatic rings. The lowest BCUT2D eigenvalue weighted by Crippen LogP contribution is -1.99. The van der Waals surface area contributed by atoms with Crippen LogP contribution in [0.15, 0.2) is 231 Å². The summed E-state index contributed by atoms with van der Waals surface area (Å²) in [5.41, 5.74) is 19.5. The van der Waals surface area contributed by atoms with E-state index in [-0.39, 0.29) is 0 Å². The highest BCUT2D eigenvalue weighted by atomic mass is 15.3. The van der Waals surface area contributed by atoms with Gasteiger partial charge in [0.1, 0.15) is 0 Å². The van der Waals surface area contributed by atoms with Crippen molar-refractivity contribution in [3.05, 3.63) is 236 Å². The Morgan fingerprint density at radius 2 is 0.836 bits per heavy atom. The first-order valence-electron chi connectivity index (χ1n) is 20.9. The van der Waals surface area contributed by atoms with Crippen LogP contribution in [-0.4, -0.2) is 14.3 Å². The van der Waals surface area contributed by atoms with Crippen molar-refractivity contribution < 1.29 is 0 Å². The number of para-hydroxylation sites is 2. The van der Waals surface area contributed by atoms with Crippen molar-refractivity contribution in [2.75, 3.05) is 0 Å². The lowest BCUT2D eigenvalue weighted by atomic mass is 9.89. The number of fused-ring (bicyclic) bond motifs is 3. The van der Waals surface area contributed by atoms with E-state index in [2.05, 4.69) is 247 Å². The smallest absolute Gasteiger partial charge is 0.0934 e. The van der Waals surface area contributed by atoms with E-state index in [0.29, 0.717) is 0 Å². The topological polar surface area (TPSA) is 22.8 Å². The van der Waals surface area contributed by atoms with E-state index >= 15 is 0 Å². The third kappa shape index (κ3) is 6.63. The molecule has 0 atom stereocenters. The predicted octanol–water partition coefficient (Wildman–Crippen LogP) is 15.3. The fourth-order valence-corrected chi connectivity index (χ4v) is 8.83. The second kappa shape index (κ2) is 15.3. The largest absolute Gasteiger partial charge is 0.309 e. The average Bonchev–Trinajstić information content (AvgIpc) is 3.93. The second-order valence-corrected chi connectivity index (χ2v) is 15.7. The first-order valence-corrected chi connectivity index (χ1v) is 20.9. The summed E-state index contributed by atoms with van der Waals surface area (Å²) in [6.07, 6.45) is 0. The Morgan fingerprint density at radius 3 is 1.54 bits per heavy atom. The van der Waals surface area contributed by atoms with Crippen molar-refractivity contribution >= 4 is 21.8 Å². The first kappa shape index (κ1) is 36.1. The van der Waals surface area contributed by atoms with Gasteiger partial charge in [-0.2, -0.15) is 5.10 Å². The number of rotatable bonds is 8. The van der Waals surface area contributed by atoms with E-state index in [9.17, 15) is 0 Å². The van der Waals surface area contributed by atoms with Crippen LogP contribution in [0.4, 0.5) is 0 Å². The molecule has 0 fully saturated rings. The van der Waals surface area contributed by atoms with Gasteiger partial charge < -0.3 is 4.57 Å². The van der Waals surface area contributed by atoms with Gasteiger partial charge in [0.25, 0.3) is 0 Å². The van der Waals surface area contributed by atoms with Gasteiger partial charge >= 0.3 is 0 Å². The minimum Gasteiger partial charge on any atom is -0.309 e. The van der Waals surface area contributed by atoms with Crippen LogP contribution in [0.1, 0.15) is 5.56 Å². The monoisotopic (exact) mass is 779 g/mol. The van der Waals surface area contributed by atoms with Crippen molar-refractivity contribution in [1.82, 2.24) is 14.3 Å².